The SMILES string of the molecule is CCOc1ccccc1CCNC(=NC)NCCCOCC1CC1. The standard InChI is InChI=1S/C19H31N3O2/c1-3-24-18-8-5-4-7-17(18)11-13-22-19(20-2)21-12-6-14-23-15-16-9-10-16/h4-5,7-8,16H,3,6,9-15H2,1-2H3,(H2,20,21,22). The van der Waals surface area contributed by atoms with Crippen molar-refractivity contribution < 1.29 is 9.47 Å². The molecule has 0 spiro atoms. The fraction of sp³-hybridized carbons (Fsp3) is 0.632. The summed E-state index contributed by atoms with van der Waals surface area (Å²) in [6, 6.07) is 8.19. The third-order valence-corrected chi connectivity index (χ3v) is 3.99. The monoisotopic (exact) mass is 333 g/mol. The molecule has 1 aliphatic carbocycles. The highest BCUT2D eigenvalue weighted by Crippen LogP contribution is 2.28. The normalized spacial score (nSPS) is 14.5. The number of para-hydroxylation sites is 1. The van der Waals surface area contributed by atoms with Gasteiger partial charge >= 0.3 is 0 Å². The van der Waals surface area contributed by atoms with E-state index in [1.54, 1.807) is 7.05 Å². The van der Waals surface area contributed by atoms with Crippen LogP contribution >= 0.6 is 0 Å². The summed E-state index contributed by atoms with van der Waals surface area (Å²) in [4.78, 5) is 4.26. The Hall–Kier alpha value is -1.75. The number of benzene rings is 1. The van der Waals surface area contributed by atoms with Crippen LogP contribution in [0.15, 0.2) is 29.3 Å². The summed E-state index contributed by atoms with van der Waals surface area (Å²) in [6.07, 6.45) is 4.60. The Morgan fingerprint density at radius 2 is 2.00 bits per heavy atom. The topological polar surface area (TPSA) is 54.9 Å². The first-order valence-electron chi connectivity index (χ1n) is 9.06. The van der Waals surface area contributed by atoms with E-state index in [0.29, 0.717) is 6.61 Å². The zero-order valence-electron chi connectivity index (χ0n) is 15.0. The smallest absolute Gasteiger partial charge is 0.190 e. The van der Waals surface area contributed by atoms with Crippen molar-refractivity contribution in [1.82, 2.24) is 10.6 Å². The second-order valence-electron chi connectivity index (χ2n) is 6.09. The maximum atomic E-state index is 5.66. The first-order valence-corrected chi connectivity index (χ1v) is 9.06. The van der Waals surface area contributed by atoms with Crippen LogP contribution in [0, 0.1) is 5.92 Å². The summed E-state index contributed by atoms with van der Waals surface area (Å²) in [5, 5.41) is 6.68. The van der Waals surface area contributed by atoms with Gasteiger partial charge in [0.05, 0.1) is 6.61 Å². The zero-order valence-corrected chi connectivity index (χ0v) is 15.0. The van der Waals surface area contributed by atoms with Gasteiger partial charge in [-0.25, -0.2) is 0 Å². The fourth-order valence-electron chi connectivity index (χ4n) is 2.46. The van der Waals surface area contributed by atoms with Crippen LogP contribution in [0.4, 0.5) is 0 Å². The van der Waals surface area contributed by atoms with Gasteiger partial charge in [0.2, 0.25) is 0 Å². The second kappa shape index (κ2) is 10.9. The minimum Gasteiger partial charge on any atom is -0.494 e. The van der Waals surface area contributed by atoms with Gasteiger partial charge in [0.15, 0.2) is 5.96 Å². The van der Waals surface area contributed by atoms with E-state index < -0.39 is 0 Å². The van der Waals surface area contributed by atoms with E-state index in [1.807, 2.05) is 25.1 Å². The lowest BCUT2D eigenvalue weighted by Gasteiger charge is -2.13. The highest BCUT2D eigenvalue weighted by molar-refractivity contribution is 5.79. The number of guanidine groups is 1. The van der Waals surface area contributed by atoms with E-state index in [1.165, 1.54) is 18.4 Å². The summed E-state index contributed by atoms with van der Waals surface area (Å²) in [6.45, 7) is 6.15. The quantitative estimate of drug-likeness (QED) is 0.371. The molecule has 0 unspecified atom stereocenters. The molecule has 24 heavy (non-hydrogen) atoms. The Morgan fingerprint density at radius 1 is 1.21 bits per heavy atom. The minimum atomic E-state index is 0.691. The lowest BCUT2D eigenvalue weighted by atomic mass is 10.1. The molecule has 5 heteroatoms. The molecular weight excluding hydrogens is 302 g/mol. The number of nitrogens with zero attached hydrogens (tertiary/aromatic N) is 1. The van der Waals surface area contributed by atoms with Crippen LogP contribution in [0.1, 0.15) is 31.7 Å². The fourth-order valence-corrected chi connectivity index (χ4v) is 2.46. The number of nitrogens with one attached hydrogen (secondary N) is 2. The molecule has 0 aliphatic heterocycles. The summed E-state index contributed by atoms with van der Waals surface area (Å²) in [7, 11) is 1.80. The molecule has 5 nitrogen and oxygen atoms in total. The van der Waals surface area contributed by atoms with Crippen molar-refractivity contribution in [1.29, 1.82) is 0 Å². The van der Waals surface area contributed by atoms with Crippen LogP contribution in [0.3, 0.4) is 0 Å². The third-order valence-electron chi connectivity index (χ3n) is 3.99. The Kier molecular flexibility index (Phi) is 8.46. The molecule has 1 fully saturated rings. The molecule has 0 bridgehead atoms. The number of rotatable bonds is 11. The van der Waals surface area contributed by atoms with Crippen molar-refractivity contribution >= 4 is 5.96 Å². The van der Waals surface area contributed by atoms with Crippen molar-refractivity contribution in [3.63, 3.8) is 0 Å². The predicted molar refractivity (Wildman–Crippen MR) is 98.8 cm³/mol. The lowest BCUT2D eigenvalue weighted by molar-refractivity contribution is 0.123. The first kappa shape index (κ1) is 18.6. The molecular formula is C19H31N3O2. The molecule has 1 aromatic carbocycles. The van der Waals surface area contributed by atoms with Crippen LogP contribution in [-0.2, 0) is 11.2 Å². The minimum absolute atomic E-state index is 0.691. The molecule has 0 saturated heterocycles. The number of hydrogen-bond donors (Lipinski definition) is 2. The zero-order chi connectivity index (χ0) is 17.0. The van der Waals surface area contributed by atoms with Gasteiger partial charge in [-0.2, -0.15) is 0 Å². The number of ether oxygens (including phenoxy) is 2. The predicted octanol–water partition coefficient (Wildman–Crippen LogP) is 2.61. The molecule has 2 rings (SSSR count). The van der Waals surface area contributed by atoms with Crippen LogP contribution in [0.5, 0.6) is 5.75 Å². The van der Waals surface area contributed by atoms with Crippen molar-refractivity contribution in [2.45, 2.75) is 32.6 Å². The summed E-state index contributed by atoms with van der Waals surface area (Å²) in [5.41, 5.74) is 1.22. The van der Waals surface area contributed by atoms with Gasteiger partial charge in [0.1, 0.15) is 5.75 Å². The number of aliphatic imine (C=N–C) groups is 1. The molecule has 0 heterocycles. The Balaban J connectivity index is 1.59. The van der Waals surface area contributed by atoms with E-state index >= 15 is 0 Å². The van der Waals surface area contributed by atoms with Gasteiger partial charge < -0.3 is 20.1 Å². The molecule has 1 aromatic rings. The molecule has 0 aromatic heterocycles. The van der Waals surface area contributed by atoms with Crippen LogP contribution in [-0.4, -0.2) is 45.9 Å². The summed E-state index contributed by atoms with van der Waals surface area (Å²) >= 11 is 0. The maximum Gasteiger partial charge on any atom is 0.190 e. The third kappa shape index (κ3) is 7.21. The van der Waals surface area contributed by atoms with Crippen LogP contribution in [0.25, 0.3) is 0 Å². The van der Waals surface area contributed by atoms with Gasteiger partial charge in [0.25, 0.3) is 0 Å². The molecule has 2 N–H and O–H groups in total. The molecule has 1 saturated carbocycles. The Bertz CT molecular complexity index is 501. The van der Waals surface area contributed by atoms with Crippen molar-refractivity contribution in [3.05, 3.63) is 29.8 Å². The Morgan fingerprint density at radius 3 is 2.75 bits per heavy atom. The first-order chi connectivity index (χ1) is 11.8. The largest absolute Gasteiger partial charge is 0.494 e. The molecule has 134 valence electrons. The van der Waals surface area contributed by atoms with E-state index in [0.717, 1.165) is 56.8 Å². The summed E-state index contributed by atoms with van der Waals surface area (Å²) < 4.78 is 11.3. The van der Waals surface area contributed by atoms with Gasteiger partial charge in [-0.15, -0.1) is 0 Å². The molecule has 0 atom stereocenters. The van der Waals surface area contributed by atoms with Crippen molar-refractivity contribution in [3.8, 4) is 5.75 Å². The van der Waals surface area contributed by atoms with E-state index in [-0.39, 0.29) is 0 Å². The summed E-state index contributed by atoms with van der Waals surface area (Å²) in [5.74, 6) is 2.65. The highest BCUT2D eigenvalue weighted by Gasteiger charge is 2.20. The maximum absolute atomic E-state index is 5.66. The van der Waals surface area contributed by atoms with Gasteiger partial charge in [-0.05, 0) is 50.2 Å². The average molecular weight is 333 g/mol. The van der Waals surface area contributed by atoms with Gasteiger partial charge in [-0.3, -0.25) is 4.99 Å². The van der Waals surface area contributed by atoms with E-state index in [9.17, 15) is 0 Å². The van der Waals surface area contributed by atoms with Crippen molar-refractivity contribution in [2.24, 2.45) is 10.9 Å². The lowest BCUT2D eigenvalue weighted by Crippen LogP contribution is -2.39. The Labute approximate surface area is 145 Å². The molecule has 0 amide bonds. The second-order valence-corrected chi connectivity index (χ2v) is 6.09. The van der Waals surface area contributed by atoms with Crippen LogP contribution < -0.4 is 15.4 Å². The van der Waals surface area contributed by atoms with E-state index in [2.05, 4.69) is 21.7 Å². The number of hydrogen-bond acceptors (Lipinski definition) is 3. The van der Waals surface area contributed by atoms with Crippen LogP contribution in [0.2, 0.25) is 0 Å². The van der Waals surface area contributed by atoms with Crippen molar-refractivity contribution in [2.75, 3.05) is 40.0 Å². The van der Waals surface area contributed by atoms with Gasteiger partial charge in [0, 0.05) is 33.4 Å². The highest BCUT2D eigenvalue weighted by atomic mass is 16.5. The molecule has 0 radical (unpaired) electrons. The average Bonchev–Trinajstić information content (AvgIpc) is 3.42. The molecule has 1 aliphatic rings. The van der Waals surface area contributed by atoms with Gasteiger partial charge in [-0.1, -0.05) is 18.2 Å². The van der Waals surface area contributed by atoms with E-state index in [4.69, 9.17) is 9.47 Å².